The van der Waals surface area contributed by atoms with Gasteiger partial charge in [-0.1, -0.05) is 13.8 Å². The fourth-order valence-corrected chi connectivity index (χ4v) is 10.2. The zero-order chi connectivity index (χ0) is 30.2. The van der Waals surface area contributed by atoms with Gasteiger partial charge in [0.2, 0.25) is 0 Å². The van der Waals surface area contributed by atoms with Gasteiger partial charge in [0.1, 0.15) is 37.6 Å². The van der Waals surface area contributed by atoms with Crippen LogP contribution in [0.1, 0.15) is 72.1 Å². The highest BCUT2D eigenvalue weighted by Crippen LogP contribution is 2.70. The van der Waals surface area contributed by atoms with Gasteiger partial charge in [-0.2, -0.15) is 0 Å². The van der Waals surface area contributed by atoms with Crippen LogP contribution in [-0.2, 0) is 28.5 Å². The Bertz CT molecular complexity index is 1110. The number of hydrogen-bond donors (Lipinski definition) is 5. The SMILES string of the molecule is CC(=O)OCC1OC(OC2CCC3(C)C(CCC4C3C(O)CC3(C)C(C5=CC(=O)OC5)CCC43O)C2)C(O)C(O)C1O. The highest BCUT2D eigenvalue weighted by atomic mass is 16.7. The van der Waals surface area contributed by atoms with Crippen molar-refractivity contribution in [2.45, 2.75) is 121 Å². The van der Waals surface area contributed by atoms with Crippen LogP contribution in [-0.4, -0.2) is 99.2 Å². The molecule has 11 heteroatoms. The minimum atomic E-state index is -1.51. The van der Waals surface area contributed by atoms with Crippen LogP contribution in [0.3, 0.4) is 0 Å². The summed E-state index contributed by atoms with van der Waals surface area (Å²) in [7, 11) is 0. The van der Waals surface area contributed by atoms with E-state index in [0.717, 1.165) is 31.3 Å². The summed E-state index contributed by atoms with van der Waals surface area (Å²) in [6, 6.07) is 0. The normalized spacial score (nSPS) is 52.0. The molecule has 42 heavy (non-hydrogen) atoms. The summed E-state index contributed by atoms with van der Waals surface area (Å²) in [6.45, 7) is 5.55. The van der Waals surface area contributed by atoms with Crippen LogP contribution in [0, 0.1) is 34.5 Å². The van der Waals surface area contributed by atoms with Crippen LogP contribution in [0.25, 0.3) is 0 Å². The summed E-state index contributed by atoms with van der Waals surface area (Å²) in [5.41, 5.74) is -0.771. The van der Waals surface area contributed by atoms with E-state index in [0.29, 0.717) is 25.7 Å². The van der Waals surface area contributed by atoms with Gasteiger partial charge in [-0.05, 0) is 86.0 Å². The molecule has 4 aliphatic carbocycles. The fourth-order valence-electron chi connectivity index (χ4n) is 10.2. The zero-order valence-electron chi connectivity index (χ0n) is 24.7. The third kappa shape index (κ3) is 4.66. The molecule has 236 valence electrons. The van der Waals surface area contributed by atoms with E-state index in [4.69, 9.17) is 18.9 Å². The van der Waals surface area contributed by atoms with E-state index >= 15 is 0 Å². The molecule has 0 bridgehead atoms. The van der Waals surface area contributed by atoms with Crippen LogP contribution < -0.4 is 0 Å². The Morgan fingerprint density at radius 2 is 1.81 bits per heavy atom. The molecule has 0 spiro atoms. The predicted molar refractivity (Wildman–Crippen MR) is 145 cm³/mol. The second kappa shape index (κ2) is 10.8. The highest BCUT2D eigenvalue weighted by Gasteiger charge is 2.70. The van der Waals surface area contributed by atoms with Crippen molar-refractivity contribution >= 4 is 11.9 Å². The van der Waals surface area contributed by atoms with Crippen LogP contribution in [0.15, 0.2) is 11.6 Å². The molecule has 5 N–H and O–H groups in total. The van der Waals surface area contributed by atoms with Crippen LogP contribution >= 0.6 is 0 Å². The molecule has 5 fully saturated rings. The maximum atomic E-state index is 12.4. The quantitative estimate of drug-likeness (QED) is 0.227. The molecule has 4 saturated carbocycles. The van der Waals surface area contributed by atoms with Gasteiger partial charge >= 0.3 is 11.9 Å². The zero-order valence-corrected chi connectivity index (χ0v) is 24.7. The van der Waals surface area contributed by atoms with Gasteiger partial charge in [-0.15, -0.1) is 0 Å². The molecule has 11 nitrogen and oxygen atoms in total. The van der Waals surface area contributed by atoms with E-state index in [1.54, 1.807) is 6.08 Å². The third-order valence-corrected chi connectivity index (χ3v) is 12.3. The summed E-state index contributed by atoms with van der Waals surface area (Å²) in [5.74, 6) is -0.800. The number of carbonyl (C=O) groups excluding carboxylic acids is 2. The summed E-state index contributed by atoms with van der Waals surface area (Å²) >= 11 is 0. The first-order valence-corrected chi connectivity index (χ1v) is 15.5. The fraction of sp³-hybridized carbons (Fsp3) is 0.871. The number of fused-ring (bicyclic) bond motifs is 5. The third-order valence-electron chi connectivity index (χ3n) is 12.3. The Morgan fingerprint density at radius 3 is 2.50 bits per heavy atom. The number of ether oxygens (including phenoxy) is 4. The van der Waals surface area contributed by atoms with Crippen molar-refractivity contribution in [3.8, 4) is 0 Å². The molecule has 2 heterocycles. The lowest BCUT2D eigenvalue weighted by molar-refractivity contribution is -0.318. The molecular formula is C31H46O11. The van der Waals surface area contributed by atoms with Gasteiger partial charge in [0.25, 0.3) is 0 Å². The molecule has 0 aromatic rings. The van der Waals surface area contributed by atoms with Crippen LogP contribution in [0.5, 0.6) is 0 Å². The van der Waals surface area contributed by atoms with Gasteiger partial charge in [0, 0.05) is 18.4 Å². The van der Waals surface area contributed by atoms with E-state index < -0.39 is 53.8 Å². The maximum Gasteiger partial charge on any atom is 0.331 e. The van der Waals surface area contributed by atoms with Crippen molar-refractivity contribution in [1.82, 2.24) is 0 Å². The second-order valence-corrected chi connectivity index (χ2v) is 14.3. The predicted octanol–water partition coefficient (Wildman–Crippen LogP) is 0.970. The van der Waals surface area contributed by atoms with Crippen molar-refractivity contribution in [2.24, 2.45) is 34.5 Å². The minimum Gasteiger partial charge on any atom is -0.463 e. The van der Waals surface area contributed by atoms with Gasteiger partial charge in [-0.25, -0.2) is 4.79 Å². The summed E-state index contributed by atoms with van der Waals surface area (Å²) in [5, 5.41) is 55.5. The van der Waals surface area contributed by atoms with Gasteiger partial charge in [0.05, 0.1) is 17.8 Å². The van der Waals surface area contributed by atoms with Crippen molar-refractivity contribution in [3.63, 3.8) is 0 Å². The average Bonchev–Trinajstić information content (AvgIpc) is 3.47. The summed E-state index contributed by atoms with van der Waals surface area (Å²) in [6.07, 6.45) is -0.315. The molecule has 1 saturated heterocycles. The smallest absolute Gasteiger partial charge is 0.331 e. The van der Waals surface area contributed by atoms with Crippen LogP contribution in [0.4, 0.5) is 0 Å². The number of esters is 2. The molecule has 14 unspecified atom stereocenters. The van der Waals surface area contributed by atoms with Gasteiger partial charge in [0.15, 0.2) is 6.29 Å². The number of hydrogen-bond acceptors (Lipinski definition) is 11. The van der Waals surface area contributed by atoms with Gasteiger partial charge in [-0.3, -0.25) is 4.79 Å². The molecule has 6 rings (SSSR count). The number of rotatable bonds is 5. The lowest BCUT2D eigenvalue weighted by Gasteiger charge is -2.65. The molecule has 2 aliphatic heterocycles. The number of aliphatic hydroxyl groups is 5. The first-order valence-electron chi connectivity index (χ1n) is 15.5. The molecule has 0 aromatic heterocycles. The Kier molecular flexibility index (Phi) is 7.81. The Morgan fingerprint density at radius 1 is 1.05 bits per heavy atom. The lowest BCUT2D eigenvalue weighted by atomic mass is 9.42. The Hall–Kier alpha value is -1.60. The monoisotopic (exact) mass is 594 g/mol. The minimum absolute atomic E-state index is 0.000298. The van der Waals surface area contributed by atoms with Crippen LogP contribution in [0.2, 0.25) is 0 Å². The number of aliphatic hydroxyl groups excluding tert-OH is 4. The molecule has 0 radical (unpaired) electrons. The van der Waals surface area contributed by atoms with E-state index in [1.165, 1.54) is 6.92 Å². The standard InChI is InChI=1S/C31H46O11/c1-15(32)39-14-22-25(35)26(36)27(37)28(42-22)41-18-6-8-29(2)17(11-18)4-5-20-24(29)21(33)12-30(3)19(7-9-31(20,30)38)16-10-23(34)40-13-16/h10,17-22,24-28,33,35-38H,4-9,11-14H2,1-3H3. The largest absolute Gasteiger partial charge is 0.463 e. The first-order chi connectivity index (χ1) is 19.8. The van der Waals surface area contributed by atoms with Gasteiger partial charge < -0.3 is 44.5 Å². The van der Waals surface area contributed by atoms with E-state index in [2.05, 4.69) is 13.8 Å². The number of carbonyl (C=O) groups is 2. The topological polar surface area (TPSA) is 172 Å². The molecule has 0 aromatic carbocycles. The van der Waals surface area contributed by atoms with E-state index in [1.807, 2.05) is 0 Å². The maximum absolute atomic E-state index is 12.4. The molecular weight excluding hydrogens is 548 g/mol. The lowest BCUT2D eigenvalue weighted by Crippen LogP contribution is -2.66. The van der Waals surface area contributed by atoms with Crippen molar-refractivity contribution < 1.29 is 54.1 Å². The van der Waals surface area contributed by atoms with Crippen molar-refractivity contribution in [1.29, 1.82) is 0 Å². The summed E-state index contributed by atoms with van der Waals surface area (Å²) < 4.78 is 22.1. The summed E-state index contributed by atoms with van der Waals surface area (Å²) in [4.78, 5) is 23.1. The van der Waals surface area contributed by atoms with Crippen molar-refractivity contribution in [2.75, 3.05) is 13.2 Å². The molecule has 0 amide bonds. The van der Waals surface area contributed by atoms with Crippen molar-refractivity contribution in [3.05, 3.63) is 11.6 Å². The second-order valence-electron chi connectivity index (χ2n) is 14.3. The Labute approximate surface area is 246 Å². The van der Waals surface area contributed by atoms with E-state index in [9.17, 15) is 35.1 Å². The average molecular weight is 595 g/mol. The first kappa shape index (κ1) is 30.4. The highest BCUT2D eigenvalue weighted by molar-refractivity contribution is 5.85. The molecule has 14 atom stereocenters. The van der Waals surface area contributed by atoms with E-state index in [-0.39, 0.29) is 54.4 Å². The number of cyclic esters (lactones) is 1. The Balaban J connectivity index is 1.16. The molecule has 6 aliphatic rings.